The Kier molecular flexibility index (Phi) is 2.91. The highest BCUT2D eigenvalue weighted by Gasteiger charge is 2.11. The summed E-state index contributed by atoms with van der Waals surface area (Å²) in [6.07, 6.45) is 1.87. The van der Waals surface area contributed by atoms with Crippen molar-refractivity contribution < 1.29 is 14.6 Å². The fourth-order valence-corrected chi connectivity index (χ4v) is 2.29. The lowest BCUT2D eigenvalue weighted by molar-refractivity contribution is 0.0697. The van der Waals surface area contributed by atoms with Gasteiger partial charge in [-0.1, -0.05) is 6.07 Å². The maximum Gasteiger partial charge on any atom is 0.335 e. The number of hydrogen-bond donors (Lipinski definition) is 2. The molecule has 0 atom stereocenters. The Morgan fingerprint density at radius 1 is 1.15 bits per heavy atom. The number of aromatic carboxylic acids is 1. The molecule has 0 saturated carbocycles. The third-order valence-corrected chi connectivity index (χ3v) is 3.31. The number of aromatic amines is 1. The molecule has 2 N–H and O–H groups in total. The molecule has 0 aliphatic heterocycles. The Labute approximate surface area is 115 Å². The van der Waals surface area contributed by atoms with E-state index in [-0.39, 0.29) is 5.56 Å². The fraction of sp³-hybridized carbons (Fsp3) is 0.0625. The number of carbonyl (C=O) groups is 1. The van der Waals surface area contributed by atoms with Crippen LogP contribution in [0.2, 0.25) is 0 Å². The molecular weight excluding hydrogens is 254 g/mol. The summed E-state index contributed by atoms with van der Waals surface area (Å²) in [7, 11) is 1.58. The number of carboxylic acid groups (broad SMARTS) is 1. The number of carboxylic acids is 1. The third-order valence-electron chi connectivity index (χ3n) is 3.31. The van der Waals surface area contributed by atoms with Gasteiger partial charge < -0.3 is 14.8 Å². The molecule has 1 heterocycles. The lowest BCUT2D eigenvalue weighted by Crippen LogP contribution is -1.97. The zero-order valence-electron chi connectivity index (χ0n) is 10.9. The minimum atomic E-state index is -0.948. The van der Waals surface area contributed by atoms with E-state index in [1.54, 1.807) is 25.3 Å². The molecule has 20 heavy (non-hydrogen) atoms. The minimum absolute atomic E-state index is 0.245. The molecule has 0 bridgehead atoms. The molecule has 0 aliphatic carbocycles. The number of H-pyrrole nitrogens is 1. The zero-order chi connectivity index (χ0) is 14.1. The van der Waals surface area contributed by atoms with Gasteiger partial charge in [0, 0.05) is 17.3 Å². The summed E-state index contributed by atoms with van der Waals surface area (Å²) in [5.41, 5.74) is 2.99. The highest BCUT2D eigenvalue weighted by molar-refractivity contribution is 5.92. The van der Waals surface area contributed by atoms with Crippen molar-refractivity contribution in [3.05, 3.63) is 54.2 Å². The van der Waals surface area contributed by atoms with Gasteiger partial charge >= 0.3 is 5.97 Å². The summed E-state index contributed by atoms with van der Waals surface area (Å²) >= 11 is 0. The first kappa shape index (κ1) is 12.3. The lowest BCUT2D eigenvalue weighted by atomic mass is 10.0. The number of hydrogen-bond acceptors (Lipinski definition) is 2. The second-order valence-electron chi connectivity index (χ2n) is 4.50. The van der Waals surface area contributed by atoms with Crippen molar-refractivity contribution in [1.29, 1.82) is 0 Å². The van der Waals surface area contributed by atoms with Gasteiger partial charge in [-0.25, -0.2) is 4.79 Å². The zero-order valence-corrected chi connectivity index (χ0v) is 10.9. The van der Waals surface area contributed by atoms with Gasteiger partial charge in [0.05, 0.1) is 12.7 Å². The molecule has 4 nitrogen and oxygen atoms in total. The molecule has 0 radical (unpaired) electrons. The largest absolute Gasteiger partial charge is 0.496 e. The molecule has 0 fully saturated rings. The van der Waals surface area contributed by atoms with Gasteiger partial charge in [-0.2, -0.15) is 0 Å². The number of methoxy groups -OCH3 is 1. The maximum atomic E-state index is 11.1. The molecule has 3 rings (SSSR count). The Morgan fingerprint density at radius 3 is 2.75 bits per heavy atom. The quantitative estimate of drug-likeness (QED) is 0.763. The summed E-state index contributed by atoms with van der Waals surface area (Å²) in [4.78, 5) is 14.2. The van der Waals surface area contributed by atoms with E-state index >= 15 is 0 Å². The van der Waals surface area contributed by atoms with E-state index < -0.39 is 5.97 Å². The molecule has 2 aromatic carbocycles. The van der Waals surface area contributed by atoms with Crippen molar-refractivity contribution in [2.75, 3.05) is 7.11 Å². The lowest BCUT2D eigenvalue weighted by Gasteiger charge is -2.10. The summed E-state index contributed by atoms with van der Waals surface area (Å²) in [6, 6.07) is 12.8. The summed E-state index contributed by atoms with van der Waals surface area (Å²) < 4.78 is 5.33. The monoisotopic (exact) mass is 267 g/mol. The highest BCUT2D eigenvalue weighted by Crippen LogP contribution is 2.32. The fourth-order valence-electron chi connectivity index (χ4n) is 2.29. The van der Waals surface area contributed by atoms with E-state index in [0.29, 0.717) is 5.75 Å². The van der Waals surface area contributed by atoms with Crippen molar-refractivity contribution in [2.24, 2.45) is 0 Å². The summed E-state index contributed by atoms with van der Waals surface area (Å²) in [5, 5.41) is 10.2. The maximum absolute atomic E-state index is 11.1. The predicted molar refractivity (Wildman–Crippen MR) is 77.2 cm³/mol. The smallest absolute Gasteiger partial charge is 0.335 e. The highest BCUT2D eigenvalue weighted by atomic mass is 16.5. The van der Waals surface area contributed by atoms with E-state index in [1.165, 1.54) is 0 Å². The molecule has 0 aliphatic rings. The van der Waals surface area contributed by atoms with Crippen molar-refractivity contribution in [1.82, 2.24) is 4.98 Å². The SMILES string of the molecule is COc1ccc(C(=O)O)cc1-c1ccc2[nH]ccc2c1. The van der Waals surface area contributed by atoms with E-state index in [4.69, 9.17) is 9.84 Å². The van der Waals surface area contributed by atoms with Crippen LogP contribution in [-0.4, -0.2) is 23.2 Å². The molecule has 100 valence electrons. The predicted octanol–water partition coefficient (Wildman–Crippen LogP) is 3.54. The number of fused-ring (bicyclic) bond motifs is 1. The van der Waals surface area contributed by atoms with Crippen LogP contribution in [0.15, 0.2) is 48.7 Å². The summed E-state index contributed by atoms with van der Waals surface area (Å²) in [5.74, 6) is -0.290. The van der Waals surface area contributed by atoms with Crippen molar-refractivity contribution in [3.8, 4) is 16.9 Å². The number of aromatic nitrogens is 1. The number of benzene rings is 2. The molecule has 0 amide bonds. The molecular formula is C16H13NO3. The van der Waals surface area contributed by atoms with Gasteiger partial charge in [0.15, 0.2) is 0 Å². The van der Waals surface area contributed by atoms with Gasteiger partial charge in [-0.15, -0.1) is 0 Å². The second-order valence-corrected chi connectivity index (χ2v) is 4.50. The van der Waals surface area contributed by atoms with Crippen LogP contribution in [-0.2, 0) is 0 Å². The van der Waals surface area contributed by atoms with Crippen molar-refractivity contribution in [2.45, 2.75) is 0 Å². The van der Waals surface area contributed by atoms with Crippen LogP contribution in [0.4, 0.5) is 0 Å². The Bertz CT molecular complexity index is 789. The average Bonchev–Trinajstić information content (AvgIpc) is 2.93. The van der Waals surface area contributed by atoms with Gasteiger partial charge in [-0.05, 0) is 47.3 Å². The van der Waals surface area contributed by atoms with Gasteiger partial charge in [0.25, 0.3) is 0 Å². The number of rotatable bonds is 3. The minimum Gasteiger partial charge on any atom is -0.496 e. The molecule has 1 aromatic heterocycles. The van der Waals surface area contributed by atoms with Gasteiger partial charge in [0.1, 0.15) is 5.75 Å². The van der Waals surface area contributed by atoms with Crippen LogP contribution in [0.25, 0.3) is 22.0 Å². The van der Waals surface area contributed by atoms with Gasteiger partial charge in [0.2, 0.25) is 0 Å². The Morgan fingerprint density at radius 2 is 2.00 bits per heavy atom. The van der Waals surface area contributed by atoms with Crippen LogP contribution < -0.4 is 4.74 Å². The topological polar surface area (TPSA) is 62.3 Å². The van der Waals surface area contributed by atoms with Gasteiger partial charge in [-0.3, -0.25) is 0 Å². The Balaban J connectivity index is 2.20. The van der Waals surface area contributed by atoms with Crippen molar-refractivity contribution >= 4 is 16.9 Å². The second kappa shape index (κ2) is 4.74. The first-order chi connectivity index (χ1) is 9.69. The number of nitrogens with one attached hydrogen (secondary N) is 1. The van der Waals surface area contributed by atoms with Crippen LogP contribution in [0.1, 0.15) is 10.4 Å². The molecule has 3 aromatic rings. The van der Waals surface area contributed by atoms with Crippen LogP contribution >= 0.6 is 0 Å². The summed E-state index contributed by atoms with van der Waals surface area (Å²) in [6.45, 7) is 0. The molecule has 0 spiro atoms. The molecule has 0 unspecified atom stereocenters. The first-order valence-corrected chi connectivity index (χ1v) is 6.18. The standard InChI is InChI=1S/C16H13NO3/c1-20-15-5-3-12(16(18)19)9-13(15)10-2-4-14-11(8-10)6-7-17-14/h2-9,17H,1H3,(H,18,19). The molecule has 0 saturated heterocycles. The average molecular weight is 267 g/mol. The molecule has 4 heteroatoms. The van der Waals surface area contributed by atoms with Crippen LogP contribution in [0.3, 0.4) is 0 Å². The third kappa shape index (κ3) is 2.01. The first-order valence-electron chi connectivity index (χ1n) is 6.18. The normalized spacial score (nSPS) is 10.7. The van der Waals surface area contributed by atoms with Crippen molar-refractivity contribution in [3.63, 3.8) is 0 Å². The van der Waals surface area contributed by atoms with E-state index in [0.717, 1.165) is 22.0 Å². The van der Waals surface area contributed by atoms with E-state index in [9.17, 15) is 4.79 Å². The van der Waals surface area contributed by atoms with Crippen LogP contribution in [0, 0.1) is 0 Å². The van der Waals surface area contributed by atoms with Crippen LogP contribution in [0.5, 0.6) is 5.75 Å². The number of ether oxygens (including phenoxy) is 1. The van der Waals surface area contributed by atoms with E-state index in [1.807, 2.05) is 30.5 Å². The Hall–Kier alpha value is -2.75. The van der Waals surface area contributed by atoms with E-state index in [2.05, 4.69) is 4.98 Å².